The van der Waals surface area contributed by atoms with Crippen molar-refractivity contribution in [1.82, 2.24) is 12.3 Å². The predicted molar refractivity (Wildman–Crippen MR) is 37.6 cm³/mol. The molecule has 0 spiro atoms. The average Bonchev–Trinajstić information content (AvgIpc) is 1.25. The van der Waals surface area contributed by atoms with Crippen LogP contribution < -0.4 is 35.2 Å². The molecule has 0 saturated heterocycles. The first-order chi connectivity index (χ1) is 3.46. The van der Waals surface area contributed by atoms with Gasteiger partial charge in [-0.25, -0.2) is 9.59 Å². The number of hydrogen-bond acceptors (Lipinski definition) is 4. The first kappa shape index (κ1) is 23.7. The van der Waals surface area contributed by atoms with Crippen LogP contribution in [0.1, 0.15) is 0 Å². The molecule has 8 heteroatoms. The third-order valence-electron chi connectivity index (χ3n) is 0. The van der Waals surface area contributed by atoms with Gasteiger partial charge < -0.3 is 35.2 Å². The van der Waals surface area contributed by atoms with Crippen LogP contribution in [0.25, 0.3) is 0 Å². The van der Waals surface area contributed by atoms with Crippen LogP contribution in [0, 0.1) is 0 Å². The molecule has 0 aromatic rings. The fourth-order valence-corrected chi connectivity index (χ4v) is 0. The number of rotatable bonds is 0. The number of hydrogen-bond donors (Lipinski definition) is 6. The standard InChI is InChI=1S/2CH4N2O.2H3N/c2*2-1(3)4;;/h2*(H4,2,3,4);2*1H3. The van der Waals surface area contributed by atoms with E-state index in [1.807, 2.05) is 0 Å². The summed E-state index contributed by atoms with van der Waals surface area (Å²) in [6.45, 7) is 0. The van der Waals surface area contributed by atoms with E-state index in [0.717, 1.165) is 0 Å². The van der Waals surface area contributed by atoms with Crippen LogP contribution in [-0.2, 0) is 0 Å². The molecule has 0 heterocycles. The Kier molecular flexibility index (Phi) is 37.0. The number of amides is 4. The lowest BCUT2D eigenvalue weighted by molar-refractivity contribution is 0.255. The third-order valence-corrected chi connectivity index (χ3v) is 0. The molecular formula is C2H14N6O2. The quantitative estimate of drug-likeness (QED) is 0.242. The molecule has 0 aliphatic rings. The van der Waals surface area contributed by atoms with Gasteiger partial charge in [0.25, 0.3) is 0 Å². The molecule has 0 rings (SSSR count). The van der Waals surface area contributed by atoms with Crippen LogP contribution in [0.15, 0.2) is 0 Å². The van der Waals surface area contributed by atoms with Crippen molar-refractivity contribution in [2.45, 2.75) is 0 Å². The van der Waals surface area contributed by atoms with Crippen LogP contribution in [0.2, 0.25) is 0 Å². The Morgan fingerprint density at radius 2 is 0.700 bits per heavy atom. The number of urea groups is 2. The summed E-state index contributed by atoms with van der Waals surface area (Å²) in [4.78, 5) is 18.0. The summed E-state index contributed by atoms with van der Waals surface area (Å²) in [6.07, 6.45) is 0. The molecule has 0 aromatic heterocycles. The van der Waals surface area contributed by atoms with Crippen molar-refractivity contribution in [3.8, 4) is 0 Å². The van der Waals surface area contributed by atoms with Crippen molar-refractivity contribution in [2.24, 2.45) is 22.9 Å². The lowest BCUT2D eigenvalue weighted by atomic mass is 11.2. The van der Waals surface area contributed by atoms with Crippen molar-refractivity contribution in [1.29, 1.82) is 0 Å². The van der Waals surface area contributed by atoms with E-state index >= 15 is 0 Å². The summed E-state index contributed by atoms with van der Waals surface area (Å²) < 4.78 is 0. The minimum absolute atomic E-state index is 0. The van der Waals surface area contributed by atoms with Crippen LogP contribution in [-0.4, -0.2) is 12.1 Å². The maximum Gasteiger partial charge on any atom is 0.309 e. The minimum atomic E-state index is -0.833. The molecule has 14 N–H and O–H groups in total. The van der Waals surface area contributed by atoms with Gasteiger partial charge in [0, 0.05) is 0 Å². The van der Waals surface area contributed by atoms with Crippen LogP contribution >= 0.6 is 0 Å². The lowest BCUT2D eigenvalue weighted by Gasteiger charge is -1.62. The molecule has 64 valence electrons. The fraction of sp³-hybridized carbons (Fsp3) is 0. The number of carbonyl (C=O) groups excluding carboxylic acids is 2. The highest BCUT2D eigenvalue weighted by atomic mass is 16.2. The second kappa shape index (κ2) is 15.7. The van der Waals surface area contributed by atoms with Crippen molar-refractivity contribution in [2.75, 3.05) is 0 Å². The molecule has 0 bridgehead atoms. The molecule has 10 heavy (non-hydrogen) atoms. The van der Waals surface area contributed by atoms with Gasteiger partial charge in [-0.2, -0.15) is 0 Å². The monoisotopic (exact) mass is 154 g/mol. The van der Waals surface area contributed by atoms with Crippen molar-refractivity contribution in [3.05, 3.63) is 0 Å². The zero-order valence-electron chi connectivity index (χ0n) is 5.54. The SMILES string of the molecule is N.N.NC(N)=O.NC(N)=O. The summed E-state index contributed by atoms with van der Waals surface area (Å²) in [6, 6.07) is -1.67. The summed E-state index contributed by atoms with van der Waals surface area (Å²) in [5.41, 5.74) is 17.0. The highest BCUT2D eigenvalue weighted by molar-refractivity contribution is 5.69. The molecule has 0 atom stereocenters. The van der Waals surface area contributed by atoms with E-state index in [-0.39, 0.29) is 12.3 Å². The fourth-order valence-electron chi connectivity index (χ4n) is 0. The Bertz CT molecular complexity index is 71.7. The van der Waals surface area contributed by atoms with Crippen LogP contribution in [0.5, 0.6) is 0 Å². The molecule has 0 aliphatic heterocycles. The molecule has 0 unspecified atom stereocenters. The second-order valence-corrected chi connectivity index (χ2v) is 0.805. The van der Waals surface area contributed by atoms with E-state index < -0.39 is 12.1 Å². The van der Waals surface area contributed by atoms with Gasteiger partial charge in [-0.15, -0.1) is 0 Å². The molecule has 0 aliphatic carbocycles. The molecule has 0 aromatic carbocycles. The first-order valence-corrected chi connectivity index (χ1v) is 1.56. The lowest BCUT2D eigenvalue weighted by Crippen LogP contribution is -2.18. The van der Waals surface area contributed by atoms with Gasteiger partial charge >= 0.3 is 12.1 Å². The maximum absolute atomic E-state index is 9.00. The average molecular weight is 154 g/mol. The number of carbonyl (C=O) groups is 2. The van der Waals surface area contributed by atoms with Gasteiger partial charge in [0.2, 0.25) is 0 Å². The van der Waals surface area contributed by atoms with Gasteiger partial charge in [0.15, 0.2) is 0 Å². The van der Waals surface area contributed by atoms with E-state index in [2.05, 4.69) is 22.9 Å². The predicted octanol–water partition coefficient (Wildman–Crippen LogP) is -1.63. The largest absolute Gasteiger partial charge is 0.352 e. The van der Waals surface area contributed by atoms with Gasteiger partial charge in [0.05, 0.1) is 0 Å². The first-order valence-electron chi connectivity index (χ1n) is 1.56. The summed E-state index contributed by atoms with van der Waals surface area (Å²) in [5.74, 6) is 0. The van der Waals surface area contributed by atoms with Crippen LogP contribution in [0.4, 0.5) is 9.59 Å². The molecule has 0 fully saturated rings. The molecule has 0 radical (unpaired) electrons. The van der Waals surface area contributed by atoms with Crippen LogP contribution in [0.3, 0.4) is 0 Å². The van der Waals surface area contributed by atoms with Crippen molar-refractivity contribution >= 4 is 12.1 Å². The number of nitrogens with two attached hydrogens (primary N) is 4. The van der Waals surface area contributed by atoms with Gasteiger partial charge in [0.1, 0.15) is 0 Å². The summed E-state index contributed by atoms with van der Waals surface area (Å²) in [7, 11) is 0. The van der Waals surface area contributed by atoms with Gasteiger partial charge in [-0.05, 0) is 0 Å². The highest BCUT2D eigenvalue weighted by Crippen LogP contribution is 1.26. The Hall–Kier alpha value is -1.54. The second-order valence-electron chi connectivity index (χ2n) is 0.805. The van der Waals surface area contributed by atoms with Gasteiger partial charge in [-0.3, -0.25) is 0 Å². The van der Waals surface area contributed by atoms with E-state index in [0.29, 0.717) is 0 Å². The Morgan fingerprint density at radius 1 is 0.700 bits per heavy atom. The van der Waals surface area contributed by atoms with Crippen molar-refractivity contribution in [3.63, 3.8) is 0 Å². The van der Waals surface area contributed by atoms with E-state index in [9.17, 15) is 0 Å². The highest BCUT2D eigenvalue weighted by Gasteiger charge is 1.61. The Morgan fingerprint density at radius 3 is 0.700 bits per heavy atom. The molecule has 4 amide bonds. The molecule has 0 saturated carbocycles. The normalized spacial score (nSPS) is 4.80. The maximum atomic E-state index is 9.00. The van der Waals surface area contributed by atoms with E-state index in [4.69, 9.17) is 9.59 Å². The summed E-state index contributed by atoms with van der Waals surface area (Å²) >= 11 is 0. The molecule has 8 nitrogen and oxygen atoms in total. The Balaban J connectivity index is -0.0000000300. The smallest absolute Gasteiger partial charge is 0.309 e. The molecular weight excluding hydrogens is 140 g/mol. The number of primary amides is 4. The van der Waals surface area contributed by atoms with E-state index in [1.165, 1.54) is 0 Å². The zero-order chi connectivity index (χ0) is 7.15. The zero-order valence-corrected chi connectivity index (χ0v) is 5.54. The van der Waals surface area contributed by atoms with E-state index in [1.54, 1.807) is 0 Å². The topological polar surface area (TPSA) is 208 Å². The van der Waals surface area contributed by atoms with Gasteiger partial charge in [-0.1, -0.05) is 0 Å². The van der Waals surface area contributed by atoms with Crippen molar-refractivity contribution < 1.29 is 9.59 Å². The third kappa shape index (κ3) is 81.2. The Labute approximate surface area is 58.1 Å². The summed E-state index contributed by atoms with van der Waals surface area (Å²) in [5, 5.41) is 0. The minimum Gasteiger partial charge on any atom is -0.352 e.